The molecule has 0 fully saturated rings. The van der Waals surface area contributed by atoms with Crippen molar-refractivity contribution < 1.29 is 21.8 Å². The van der Waals surface area contributed by atoms with E-state index >= 15 is 0 Å². The van der Waals surface area contributed by atoms with E-state index in [4.69, 9.17) is 4.18 Å². The molecule has 0 bridgehead atoms. The Kier molecular flexibility index (Phi) is 5.79. The second-order valence-corrected chi connectivity index (χ2v) is 7.42. The zero-order valence-electron chi connectivity index (χ0n) is 14.3. The zero-order valence-corrected chi connectivity index (χ0v) is 15.1. The number of hydrogen-bond acceptors (Lipinski definition) is 4. The Hall–Kier alpha value is -2.41. The van der Waals surface area contributed by atoms with Crippen LogP contribution in [-0.4, -0.2) is 25.3 Å². The van der Waals surface area contributed by atoms with E-state index in [2.05, 4.69) is 0 Å². The quantitative estimate of drug-likeness (QED) is 0.737. The summed E-state index contributed by atoms with van der Waals surface area (Å²) in [6.07, 6.45) is 0. The topological polar surface area (TPSA) is 63.7 Å². The standard InChI is InChI=1S/C18H20FNO4S/c1-13(2)20(14(3)21)12-15-4-8-17(9-5-15)24-25(22,23)18-10-6-16(19)7-11-18/h4-11,13H,12H2,1-3H3. The number of halogens is 1. The van der Waals surface area contributed by atoms with E-state index in [1.807, 2.05) is 13.8 Å². The number of rotatable bonds is 6. The first-order valence-corrected chi connectivity index (χ1v) is 9.16. The summed E-state index contributed by atoms with van der Waals surface area (Å²) in [5, 5.41) is 0. The van der Waals surface area contributed by atoms with Crippen molar-refractivity contribution in [3.63, 3.8) is 0 Å². The lowest BCUT2D eigenvalue weighted by atomic mass is 10.2. The van der Waals surface area contributed by atoms with Gasteiger partial charge in [-0.05, 0) is 55.8 Å². The fraction of sp³-hybridized carbons (Fsp3) is 0.278. The van der Waals surface area contributed by atoms with Crippen molar-refractivity contribution in [3.8, 4) is 5.75 Å². The van der Waals surface area contributed by atoms with Crippen LogP contribution in [0, 0.1) is 5.82 Å². The van der Waals surface area contributed by atoms with Gasteiger partial charge in [-0.15, -0.1) is 0 Å². The fourth-order valence-electron chi connectivity index (χ4n) is 2.28. The molecule has 2 aromatic rings. The monoisotopic (exact) mass is 365 g/mol. The predicted molar refractivity (Wildman–Crippen MR) is 92.0 cm³/mol. The molecule has 0 radical (unpaired) electrons. The molecule has 0 saturated heterocycles. The van der Waals surface area contributed by atoms with Crippen LogP contribution >= 0.6 is 0 Å². The molecule has 1 amide bonds. The van der Waals surface area contributed by atoms with Gasteiger partial charge in [0.2, 0.25) is 5.91 Å². The maximum atomic E-state index is 12.9. The first-order valence-electron chi connectivity index (χ1n) is 7.75. The van der Waals surface area contributed by atoms with Gasteiger partial charge in [-0.1, -0.05) is 12.1 Å². The van der Waals surface area contributed by atoms with Gasteiger partial charge in [0.05, 0.1) is 0 Å². The highest BCUT2D eigenvalue weighted by atomic mass is 32.2. The third-order valence-electron chi connectivity index (χ3n) is 3.61. The Morgan fingerprint density at radius 1 is 1.08 bits per heavy atom. The molecule has 0 unspecified atom stereocenters. The van der Waals surface area contributed by atoms with Crippen molar-refractivity contribution >= 4 is 16.0 Å². The third kappa shape index (κ3) is 5.03. The highest BCUT2D eigenvalue weighted by molar-refractivity contribution is 7.87. The van der Waals surface area contributed by atoms with Crippen molar-refractivity contribution in [2.24, 2.45) is 0 Å². The molecule has 0 aliphatic heterocycles. The molecule has 0 aromatic heterocycles. The minimum Gasteiger partial charge on any atom is -0.379 e. The number of carbonyl (C=O) groups is 1. The van der Waals surface area contributed by atoms with Crippen LogP contribution in [0.4, 0.5) is 4.39 Å². The van der Waals surface area contributed by atoms with Crippen LogP contribution in [0.5, 0.6) is 5.75 Å². The van der Waals surface area contributed by atoms with E-state index in [9.17, 15) is 17.6 Å². The molecule has 5 nitrogen and oxygen atoms in total. The number of amides is 1. The second-order valence-electron chi connectivity index (χ2n) is 5.88. The van der Waals surface area contributed by atoms with E-state index in [1.165, 1.54) is 19.1 Å². The lowest BCUT2D eigenvalue weighted by Crippen LogP contribution is -2.34. The first-order chi connectivity index (χ1) is 11.7. The van der Waals surface area contributed by atoms with Crippen LogP contribution < -0.4 is 4.18 Å². The fourth-order valence-corrected chi connectivity index (χ4v) is 3.21. The largest absolute Gasteiger partial charge is 0.379 e. The first kappa shape index (κ1) is 18.9. The Morgan fingerprint density at radius 2 is 1.64 bits per heavy atom. The summed E-state index contributed by atoms with van der Waals surface area (Å²) in [4.78, 5) is 13.2. The maximum Gasteiger partial charge on any atom is 0.339 e. The van der Waals surface area contributed by atoms with Gasteiger partial charge < -0.3 is 9.08 Å². The summed E-state index contributed by atoms with van der Waals surface area (Å²) in [7, 11) is -4.02. The SMILES string of the molecule is CC(=O)N(Cc1ccc(OS(=O)(=O)c2ccc(F)cc2)cc1)C(C)C. The Balaban J connectivity index is 2.12. The maximum absolute atomic E-state index is 12.9. The third-order valence-corrected chi connectivity index (χ3v) is 4.87. The van der Waals surface area contributed by atoms with Crippen LogP contribution in [0.2, 0.25) is 0 Å². The van der Waals surface area contributed by atoms with Gasteiger partial charge in [-0.3, -0.25) is 4.79 Å². The molecule has 7 heteroatoms. The van der Waals surface area contributed by atoms with E-state index in [-0.39, 0.29) is 22.6 Å². The van der Waals surface area contributed by atoms with Crippen LogP contribution in [0.3, 0.4) is 0 Å². The number of nitrogens with zero attached hydrogens (tertiary/aromatic N) is 1. The van der Waals surface area contributed by atoms with E-state index in [0.717, 1.165) is 29.8 Å². The van der Waals surface area contributed by atoms with Crippen molar-refractivity contribution in [1.29, 1.82) is 0 Å². The van der Waals surface area contributed by atoms with E-state index in [0.29, 0.717) is 6.54 Å². The Morgan fingerprint density at radius 3 is 2.12 bits per heavy atom. The average molecular weight is 365 g/mol. The molecule has 0 atom stereocenters. The van der Waals surface area contributed by atoms with Gasteiger partial charge in [0.1, 0.15) is 16.5 Å². The summed E-state index contributed by atoms with van der Waals surface area (Å²) in [6.45, 7) is 5.78. The van der Waals surface area contributed by atoms with Crippen molar-refractivity contribution in [2.75, 3.05) is 0 Å². The summed E-state index contributed by atoms with van der Waals surface area (Å²) in [6, 6.07) is 10.9. The number of benzene rings is 2. The van der Waals surface area contributed by atoms with Gasteiger partial charge in [0.15, 0.2) is 0 Å². The Bertz CT molecular complexity index is 830. The van der Waals surface area contributed by atoms with Crippen molar-refractivity contribution in [2.45, 2.75) is 38.3 Å². The number of carbonyl (C=O) groups excluding carboxylic acids is 1. The van der Waals surface area contributed by atoms with Gasteiger partial charge in [-0.2, -0.15) is 8.42 Å². The van der Waals surface area contributed by atoms with Crippen LogP contribution in [0.15, 0.2) is 53.4 Å². The molecule has 0 spiro atoms. The van der Waals surface area contributed by atoms with Crippen molar-refractivity contribution in [1.82, 2.24) is 4.90 Å². The summed E-state index contributed by atoms with van der Waals surface area (Å²) in [5.74, 6) is -0.412. The summed E-state index contributed by atoms with van der Waals surface area (Å²) >= 11 is 0. The average Bonchev–Trinajstić information content (AvgIpc) is 2.53. The van der Waals surface area contributed by atoms with E-state index < -0.39 is 15.9 Å². The minimum atomic E-state index is -4.02. The highest BCUT2D eigenvalue weighted by Crippen LogP contribution is 2.20. The molecule has 0 aliphatic carbocycles. The molecule has 0 aliphatic rings. The molecule has 0 heterocycles. The molecule has 2 aromatic carbocycles. The van der Waals surface area contributed by atoms with Gasteiger partial charge >= 0.3 is 10.1 Å². The van der Waals surface area contributed by atoms with Gasteiger partial charge in [0.25, 0.3) is 0 Å². The molecule has 2 rings (SSSR count). The van der Waals surface area contributed by atoms with Gasteiger partial charge in [-0.25, -0.2) is 4.39 Å². The highest BCUT2D eigenvalue weighted by Gasteiger charge is 2.17. The van der Waals surface area contributed by atoms with Crippen LogP contribution in [0.25, 0.3) is 0 Å². The molecule has 134 valence electrons. The lowest BCUT2D eigenvalue weighted by Gasteiger charge is -2.25. The molecular formula is C18H20FNO4S. The molecule has 0 N–H and O–H groups in total. The molecule has 0 saturated carbocycles. The minimum absolute atomic E-state index is 0.0331. The molecular weight excluding hydrogens is 345 g/mol. The zero-order chi connectivity index (χ0) is 18.6. The second kappa shape index (κ2) is 7.65. The van der Waals surface area contributed by atoms with E-state index in [1.54, 1.807) is 17.0 Å². The normalized spacial score (nSPS) is 11.4. The predicted octanol–water partition coefficient (Wildman–Crippen LogP) is 3.35. The summed E-state index contributed by atoms with van der Waals surface area (Å²) < 4.78 is 42.3. The van der Waals surface area contributed by atoms with Crippen LogP contribution in [0.1, 0.15) is 26.3 Å². The smallest absolute Gasteiger partial charge is 0.339 e. The van der Waals surface area contributed by atoms with Gasteiger partial charge in [0, 0.05) is 19.5 Å². The summed E-state index contributed by atoms with van der Waals surface area (Å²) in [5.41, 5.74) is 0.857. The lowest BCUT2D eigenvalue weighted by molar-refractivity contribution is -0.131. The number of hydrogen-bond donors (Lipinski definition) is 0. The Labute approximate surface area is 147 Å². The molecule has 25 heavy (non-hydrogen) atoms. The van der Waals surface area contributed by atoms with Crippen molar-refractivity contribution in [3.05, 3.63) is 59.9 Å². The van der Waals surface area contributed by atoms with Crippen LogP contribution in [-0.2, 0) is 21.5 Å².